The van der Waals surface area contributed by atoms with E-state index < -0.39 is 0 Å². The van der Waals surface area contributed by atoms with Gasteiger partial charge in [-0.15, -0.1) is 11.8 Å². The van der Waals surface area contributed by atoms with E-state index in [1.807, 2.05) is 39.9 Å². The molecule has 2 fully saturated rings. The highest BCUT2D eigenvalue weighted by molar-refractivity contribution is 7.99. The third-order valence-corrected chi connectivity index (χ3v) is 4.91. The lowest BCUT2D eigenvalue weighted by Crippen LogP contribution is -2.54. The summed E-state index contributed by atoms with van der Waals surface area (Å²) in [5, 5.41) is 3.20. The topological polar surface area (TPSA) is 57.6 Å². The molecule has 1 N–H and O–H groups in total. The maximum absolute atomic E-state index is 12.3. The van der Waals surface area contributed by atoms with Crippen LogP contribution in [0, 0.1) is 0 Å². The maximum atomic E-state index is 12.3. The predicted octanol–water partition coefficient (Wildman–Crippen LogP) is -0.0280. The summed E-state index contributed by atoms with van der Waals surface area (Å²) in [6, 6.07) is 1.78. The van der Waals surface area contributed by atoms with Gasteiger partial charge in [-0.05, 0) is 6.07 Å². The zero-order valence-corrected chi connectivity index (χ0v) is 12.9. The predicted molar refractivity (Wildman–Crippen MR) is 82.1 cm³/mol. The second kappa shape index (κ2) is 6.11. The van der Waals surface area contributed by atoms with Gasteiger partial charge in [-0.2, -0.15) is 0 Å². The number of aromatic nitrogens is 1. The number of thioether (sulfide) groups is 1. The second-order valence-corrected chi connectivity index (χ2v) is 6.49. The first-order chi connectivity index (χ1) is 10.1. The molecule has 1 unspecified atom stereocenters. The van der Waals surface area contributed by atoms with Crippen LogP contribution in [-0.4, -0.2) is 70.0 Å². The molecule has 2 aliphatic rings. The van der Waals surface area contributed by atoms with Gasteiger partial charge in [0.15, 0.2) is 0 Å². The van der Waals surface area contributed by atoms with Crippen LogP contribution in [0.25, 0.3) is 0 Å². The molecule has 2 saturated heterocycles. The molecule has 0 radical (unpaired) electrons. The minimum atomic E-state index is -0.0497. The maximum Gasteiger partial charge on any atom is 0.255 e. The summed E-state index contributed by atoms with van der Waals surface area (Å²) < 4.78 is 1.87. The number of rotatable bonds is 2. The number of carbonyl (C=O) groups excluding carboxylic acids is 2. The summed E-state index contributed by atoms with van der Waals surface area (Å²) in [6.07, 6.45) is 3.70. The van der Waals surface area contributed by atoms with Crippen LogP contribution >= 0.6 is 11.8 Å². The highest BCUT2D eigenvalue weighted by atomic mass is 32.2. The van der Waals surface area contributed by atoms with E-state index in [9.17, 15) is 9.59 Å². The molecule has 0 aliphatic carbocycles. The molecule has 3 heterocycles. The van der Waals surface area contributed by atoms with E-state index >= 15 is 0 Å². The van der Waals surface area contributed by atoms with Crippen LogP contribution in [0.2, 0.25) is 0 Å². The van der Waals surface area contributed by atoms with Gasteiger partial charge in [0.1, 0.15) is 0 Å². The van der Waals surface area contributed by atoms with E-state index in [1.165, 1.54) is 0 Å². The molecule has 0 aromatic carbocycles. The Hall–Kier alpha value is -1.47. The van der Waals surface area contributed by atoms with Crippen molar-refractivity contribution in [2.24, 2.45) is 7.05 Å². The highest BCUT2D eigenvalue weighted by Crippen LogP contribution is 2.14. The summed E-state index contributed by atoms with van der Waals surface area (Å²) in [6.45, 7) is 2.47. The fourth-order valence-corrected chi connectivity index (χ4v) is 3.65. The SMILES string of the molecule is Cn1ccc(C(=O)N2CCN(C(=O)C3CSCN3)CC2)c1. The first kappa shape index (κ1) is 14.5. The summed E-state index contributed by atoms with van der Waals surface area (Å²) in [4.78, 5) is 28.3. The Labute approximate surface area is 128 Å². The lowest BCUT2D eigenvalue weighted by Gasteiger charge is -2.35. The molecule has 3 rings (SSSR count). The molecular weight excluding hydrogens is 288 g/mol. The molecule has 2 amide bonds. The van der Waals surface area contributed by atoms with Crippen LogP contribution in [0.1, 0.15) is 10.4 Å². The average molecular weight is 308 g/mol. The van der Waals surface area contributed by atoms with Gasteiger partial charge in [0.25, 0.3) is 5.91 Å². The van der Waals surface area contributed by atoms with Crippen LogP contribution < -0.4 is 5.32 Å². The number of carbonyl (C=O) groups is 2. The van der Waals surface area contributed by atoms with Crippen molar-refractivity contribution in [1.29, 1.82) is 0 Å². The Balaban J connectivity index is 1.55. The van der Waals surface area contributed by atoms with Crippen molar-refractivity contribution in [2.45, 2.75) is 6.04 Å². The molecule has 1 atom stereocenters. The van der Waals surface area contributed by atoms with Crippen LogP contribution in [-0.2, 0) is 11.8 Å². The van der Waals surface area contributed by atoms with Crippen LogP contribution in [0.3, 0.4) is 0 Å². The van der Waals surface area contributed by atoms with Crippen molar-refractivity contribution in [2.75, 3.05) is 37.8 Å². The van der Waals surface area contributed by atoms with Gasteiger partial charge in [-0.3, -0.25) is 14.9 Å². The molecule has 0 saturated carbocycles. The molecule has 1 aromatic heterocycles. The van der Waals surface area contributed by atoms with Crippen LogP contribution in [0.5, 0.6) is 0 Å². The summed E-state index contributed by atoms with van der Waals surface area (Å²) in [7, 11) is 1.90. The second-order valence-electron chi connectivity index (χ2n) is 5.45. The van der Waals surface area contributed by atoms with Crippen molar-refractivity contribution in [3.63, 3.8) is 0 Å². The number of amides is 2. The fourth-order valence-electron chi connectivity index (χ4n) is 2.72. The summed E-state index contributed by atoms with van der Waals surface area (Å²) in [5.74, 6) is 1.93. The number of hydrogen-bond acceptors (Lipinski definition) is 4. The highest BCUT2D eigenvalue weighted by Gasteiger charge is 2.30. The Kier molecular flexibility index (Phi) is 4.21. The van der Waals surface area contributed by atoms with E-state index in [-0.39, 0.29) is 17.9 Å². The number of piperazine rings is 1. The first-order valence-corrected chi connectivity index (χ1v) is 8.32. The van der Waals surface area contributed by atoms with Gasteiger partial charge in [-0.25, -0.2) is 0 Å². The van der Waals surface area contributed by atoms with Gasteiger partial charge in [0.2, 0.25) is 5.91 Å². The van der Waals surface area contributed by atoms with Gasteiger partial charge in [-0.1, -0.05) is 0 Å². The van der Waals surface area contributed by atoms with Crippen molar-refractivity contribution >= 4 is 23.6 Å². The van der Waals surface area contributed by atoms with Crippen molar-refractivity contribution in [3.8, 4) is 0 Å². The van der Waals surface area contributed by atoms with E-state index in [0.717, 1.165) is 11.6 Å². The lowest BCUT2D eigenvalue weighted by atomic mass is 10.2. The Morgan fingerprint density at radius 2 is 1.95 bits per heavy atom. The molecule has 0 spiro atoms. The van der Waals surface area contributed by atoms with Gasteiger partial charge < -0.3 is 14.4 Å². The third-order valence-electron chi connectivity index (χ3n) is 3.97. The third kappa shape index (κ3) is 3.08. The normalized spacial score (nSPS) is 22.6. The average Bonchev–Trinajstić information content (AvgIpc) is 3.17. The van der Waals surface area contributed by atoms with Gasteiger partial charge in [0.05, 0.1) is 11.6 Å². The standard InChI is InChI=1S/C14H20N4O2S/c1-16-3-2-11(8-16)13(19)17-4-6-18(7-5-17)14(20)12-9-21-10-15-12/h2-3,8,12,15H,4-7,9-10H2,1H3. The quantitative estimate of drug-likeness (QED) is 0.834. The minimum absolute atomic E-state index is 0.0497. The molecule has 1 aromatic rings. The number of nitrogens with zero attached hydrogens (tertiary/aromatic N) is 3. The first-order valence-electron chi connectivity index (χ1n) is 7.16. The van der Waals surface area contributed by atoms with Gasteiger partial charge >= 0.3 is 0 Å². The molecule has 2 aliphatic heterocycles. The van der Waals surface area contributed by atoms with Crippen LogP contribution in [0.4, 0.5) is 0 Å². The minimum Gasteiger partial charge on any atom is -0.356 e. The molecule has 21 heavy (non-hydrogen) atoms. The lowest BCUT2D eigenvalue weighted by molar-refractivity contribution is -0.134. The van der Waals surface area contributed by atoms with E-state index in [0.29, 0.717) is 31.7 Å². The Morgan fingerprint density at radius 3 is 2.52 bits per heavy atom. The van der Waals surface area contributed by atoms with E-state index in [2.05, 4.69) is 5.32 Å². The van der Waals surface area contributed by atoms with E-state index in [4.69, 9.17) is 0 Å². The monoisotopic (exact) mass is 308 g/mol. The van der Waals surface area contributed by atoms with Crippen molar-refractivity contribution < 1.29 is 9.59 Å². The van der Waals surface area contributed by atoms with Gasteiger partial charge in [0, 0.05) is 57.3 Å². The zero-order valence-electron chi connectivity index (χ0n) is 12.1. The number of nitrogens with one attached hydrogen (secondary N) is 1. The molecule has 6 nitrogen and oxygen atoms in total. The Morgan fingerprint density at radius 1 is 1.24 bits per heavy atom. The summed E-state index contributed by atoms with van der Waals surface area (Å²) >= 11 is 1.75. The largest absolute Gasteiger partial charge is 0.356 e. The number of hydrogen-bond donors (Lipinski definition) is 1. The van der Waals surface area contributed by atoms with Crippen molar-refractivity contribution in [3.05, 3.63) is 24.0 Å². The smallest absolute Gasteiger partial charge is 0.255 e. The number of aryl methyl sites for hydroxylation is 1. The van der Waals surface area contributed by atoms with Crippen molar-refractivity contribution in [1.82, 2.24) is 19.7 Å². The van der Waals surface area contributed by atoms with E-state index in [1.54, 1.807) is 11.8 Å². The fraction of sp³-hybridized carbons (Fsp3) is 0.571. The summed E-state index contributed by atoms with van der Waals surface area (Å²) in [5.41, 5.74) is 0.714. The van der Waals surface area contributed by atoms with Crippen LogP contribution in [0.15, 0.2) is 18.5 Å². The zero-order chi connectivity index (χ0) is 14.8. The molecule has 114 valence electrons. The molecule has 0 bridgehead atoms. The molecule has 7 heteroatoms. The Bertz CT molecular complexity index is 531. The molecular formula is C14H20N4O2S.